The van der Waals surface area contributed by atoms with E-state index in [2.05, 4.69) is 49.1 Å². The highest BCUT2D eigenvalue weighted by Gasteiger charge is 2.10. The Morgan fingerprint density at radius 3 is 2.43 bits per heavy atom. The lowest BCUT2D eigenvalue weighted by Crippen LogP contribution is -2.24. The molecule has 1 aromatic rings. The van der Waals surface area contributed by atoms with Gasteiger partial charge in [0.1, 0.15) is 0 Å². The van der Waals surface area contributed by atoms with E-state index in [1.54, 1.807) is 0 Å². The highest BCUT2D eigenvalue weighted by Crippen LogP contribution is 2.23. The fourth-order valence-corrected chi connectivity index (χ4v) is 1.90. The number of hydrogen-bond donors (Lipinski definition) is 0. The van der Waals surface area contributed by atoms with Gasteiger partial charge in [0.05, 0.1) is 0 Å². The zero-order valence-corrected chi connectivity index (χ0v) is 8.96. The highest BCUT2D eigenvalue weighted by molar-refractivity contribution is 5.53. The first-order valence-electron chi connectivity index (χ1n) is 5.28. The molecule has 0 amide bonds. The van der Waals surface area contributed by atoms with E-state index in [4.69, 9.17) is 0 Å². The number of allylic oxidation sites excluding steroid dienone is 2. The first-order valence-corrected chi connectivity index (χ1v) is 5.28. The summed E-state index contributed by atoms with van der Waals surface area (Å²) in [6.45, 7) is 5.48. The second-order valence-electron chi connectivity index (χ2n) is 3.97. The number of hydrogen-bond acceptors (Lipinski definition) is 1. The van der Waals surface area contributed by atoms with E-state index in [9.17, 15) is 0 Å². The van der Waals surface area contributed by atoms with Gasteiger partial charge in [0, 0.05) is 17.9 Å². The molecule has 0 atom stereocenters. The Labute approximate surface area is 86.1 Å². The van der Waals surface area contributed by atoms with Crippen molar-refractivity contribution in [3.8, 4) is 0 Å². The third kappa shape index (κ3) is 1.82. The van der Waals surface area contributed by atoms with Gasteiger partial charge in [-0.25, -0.2) is 0 Å². The van der Waals surface area contributed by atoms with Crippen molar-refractivity contribution in [2.24, 2.45) is 0 Å². The molecule has 2 rings (SSSR count). The molecule has 0 saturated heterocycles. The summed E-state index contributed by atoms with van der Waals surface area (Å²) in [5.41, 5.74) is 4.04. The van der Waals surface area contributed by atoms with Crippen molar-refractivity contribution < 1.29 is 0 Å². The first-order chi connectivity index (χ1) is 6.77. The lowest BCUT2D eigenvalue weighted by molar-refractivity contribution is 0.754. The average molecular weight is 187 g/mol. The van der Waals surface area contributed by atoms with E-state index in [0.717, 1.165) is 6.54 Å². The summed E-state index contributed by atoms with van der Waals surface area (Å²) in [6.07, 6.45) is 4.82. The second kappa shape index (κ2) is 3.87. The van der Waals surface area contributed by atoms with Gasteiger partial charge in [-0.3, -0.25) is 0 Å². The van der Waals surface area contributed by atoms with Crippen LogP contribution in [0.1, 0.15) is 25.3 Å². The van der Waals surface area contributed by atoms with E-state index in [1.807, 2.05) is 0 Å². The lowest BCUT2D eigenvalue weighted by atomic mass is 10.1. The highest BCUT2D eigenvalue weighted by atomic mass is 15.1. The maximum absolute atomic E-state index is 2.39. The Bertz CT molecular complexity index is 335. The van der Waals surface area contributed by atoms with Crippen molar-refractivity contribution in [3.05, 3.63) is 41.6 Å². The van der Waals surface area contributed by atoms with Crippen LogP contribution < -0.4 is 4.90 Å². The Hall–Kier alpha value is -1.24. The predicted octanol–water partition coefficient (Wildman–Crippen LogP) is 3.50. The number of nitrogens with zero attached hydrogens (tertiary/aromatic N) is 1. The zero-order chi connectivity index (χ0) is 9.97. The fourth-order valence-electron chi connectivity index (χ4n) is 1.90. The summed E-state index contributed by atoms with van der Waals surface area (Å²) >= 11 is 0. The molecule has 1 heterocycles. The van der Waals surface area contributed by atoms with Crippen LogP contribution in [0.4, 0.5) is 5.69 Å². The van der Waals surface area contributed by atoms with Gasteiger partial charge in [-0.2, -0.15) is 0 Å². The molecule has 14 heavy (non-hydrogen) atoms. The van der Waals surface area contributed by atoms with E-state index in [0.29, 0.717) is 0 Å². The summed E-state index contributed by atoms with van der Waals surface area (Å²) in [4.78, 5) is 2.39. The summed E-state index contributed by atoms with van der Waals surface area (Å²) in [7, 11) is 0. The van der Waals surface area contributed by atoms with Crippen LogP contribution in [0.3, 0.4) is 0 Å². The van der Waals surface area contributed by atoms with Crippen LogP contribution in [0.25, 0.3) is 0 Å². The fraction of sp³-hybridized carbons (Fsp3) is 0.385. The molecule has 0 saturated carbocycles. The molecule has 1 heteroatoms. The SMILES string of the molecule is CC1=CCCCN1c1ccc(C)cc1. The van der Waals surface area contributed by atoms with Gasteiger partial charge in [-0.15, -0.1) is 0 Å². The molecule has 0 aromatic heterocycles. The second-order valence-corrected chi connectivity index (χ2v) is 3.97. The molecule has 1 aromatic carbocycles. The molecule has 0 aliphatic carbocycles. The molecule has 0 radical (unpaired) electrons. The van der Waals surface area contributed by atoms with E-state index in [-0.39, 0.29) is 0 Å². The Kier molecular flexibility index (Phi) is 2.58. The van der Waals surface area contributed by atoms with Crippen LogP contribution in [0.2, 0.25) is 0 Å². The minimum Gasteiger partial charge on any atom is -0.346 e. The molecule has 0 fully saturated rings. The van der Waals surface area contributed by atoms with Crippen molar-refractivity contribution in [2.45, 2.75) is 26.7 Å². The molecule has 74 valence electrons. The quantitative estimate of drug-likeness (QED) is 0.650. The van der Waals surface area contributed by atoms with E-state index < -0.39 is 0 Å². The normalized spacial score (nSPS) is 16.7. The number of aryl methyl sites for hydroxylation is 1. The van der Waals surface area contributed by atoms with Gasteiger partial charge in [-0.05, 0) is 38.8 Å². The topological polar surface area (TPSA) is 3.24 Å². The zero-order valence-electron chi connectivity index (χ0n) is 8.96. The van der Waals surface area contributed by atoms with Crippen LogP contribution in [-0.2, 0) is 0 Å². The molecule has 0 bridgehead atoms. The summed E-state index contributed by atoms with van der Waals surface area (Å²) in [6, 6.07) is 8.77. The molecule has 1 aliphatic heterocycles. The van der Waals surface area contributed by atoms with Gasteiger partial charge in [0.2, 0.25) is 0 Å². The monoisotopic (exact) mass is 187 g/mol. The van der Waals surface area contributed by atoms with Crippen LogP contribution in [0.15, 0.2) is 36.0 Å². The minimum absolute atomic E-state index is 1.16. The average Bonchev–Trinajstić information content (AvgIpc) is 2.20. The third-order valence-electron chi connectivity index (χ3n) is 2.80. The largest absolute Gasteiger partial charge is 0.346 e. The molecular weight excluding hydrogens is 170 g/mol. The van der Waals surface area contributed by atoms with Crippen molar-refractivity contribution in [1.29, 1.82) is 0 Å². The molecule has 1 aliphatic rings. The van der Waals surface area contributed by atoms with Gasteiger partial charge in [0.15, 0.2) is 0 Å². The molecule has 0 spiro atoms. The molecule has 0 unspecified atom stereocenters. The van der Waals surface area contributed by atoms with Crippen molar-refractivity contribution in [3.63, 3.8) is 0 Å². The van der Waals surface area contributed by atoms with Gasteiger partial charge in [0.25, 0.3) is 0 Å². The van der Waals surface area contributed by atoms with E-state index in [1.165, 1.54) is 29.8 Å². The van der Waals surface area contributed by atoms with Gasteiger partial charge >= 0.3 is 0 Å². The Morgan fingerprint density at radius 1 is 1.07 bits per heavy atom. The Morgan fingerprint density at radius 2 is 1.79 bits per heavy atom. The molecule has 0 N–H and O–H groups in total. The summed E-state index contributed by atoms with van der Waals surface area (Å²) in [5, 5.41) is 0. The van der Waals surface area contributed by atoms with Crippen LogP contribution in [-0.4, -0.2) is 6.54 Å². The summed E-state index contributed by atoms with van der Waals surface area (Å²) < 4.78 is 0. The summed E-state index contributed by atoms with van der Waals surface area (Å²) in [5.74, 6) is 0. The van der Waals surface area contributed by atoms with Crippen LogP contribution in [0.5, 0.6) is 0 Å². The number of rotatable bonds is 1. The van der Waals surface area contributed by atoms with Crippen molar-refractivity contribution >= 4 is 5.69 Å². The maximum Gasteiger partial charge on any atom is 0.0408 e. The Balaban J connectivity index is 2.26. The first kappa shape index (κ1) is 9.32. The number of anilines is 1. The number of benzene rings is 1. The predicted molar refractivity (Wildman–Crippen MR) is 61.5 cm³/mol. The van der Waals surface area contributed by atoms with Gasteiger partial charge in [-0.1, -0.05) is 23.8 Å². The van der Waals surface area contributed by atoms with E-state index >= 15 is 0 Å². The maximum atomic E-state index is 2.39. The lowest BCUT2D eigenvalue weighted by Gasteiger charge is -2.28. The third-order valence-corrected chi connectivity index (χ3v) is 2.80. The van der Waals surface area contributed by atoms with Gasteiger partial charge < -0.3 is 4.90 Å². The molecular formula is C13H17N. The van der Waals surface area contributed by atoms with Crippen LogP contribution >= 0.6 is 0 Å². The van der Waals surface area contributed by atoms with Crippen molar-refractivity contribution in [2.75, 3.05) is 11.4 Å². The smallest absolute Gasteiger partial charge is 0.0408 e. The van der Waals surface area contributed by atoms with Crippen molar-refractivity contribution in [1.82, 2.24) is 0 Å². The standard InChI is InChI=1S/C13H17N/c1-11-6-8-13(9-7-11)14-10-4-3-5-12(14)2/h5-9H,3-4,10H2,1-2H3. The van der Waals surface area contributed by atoms with Crippen LogP contribution in [0, 0.1) is 6.92 Å². The minimum atomic E-state index is 1.16. The molecule has 1 nitrogen and oxygen atoms in total.